The smallest absolute Gasteiger partial charge is 0.344 e. The molecule has 1 aromatic carbocycles. The van der Waals surface area contributed by atoms with Gasteiger partial charge in [-0.15, -0.1) is 0 Å². The molecule has 0 saturated heterocycles. The third-order valence-electron chi connectivity index (χ3n) is 5.08. The van der Waals surface area contributed by atoms with Crippen LogP contribution >= 0.6 is 0 Å². The highest BCUT2D eigenvalue weighted by molar-refractivity contribution is 5.84. The number of carbonyl (C=O) groups excluding carboxylic acids is 3. The van der Waals surface area contributed by atoms with Gasteiger partial charge in [0.05, 0.1) is 0 Å². The zero-order chi connectivity index (χ0) is 19.1. The van der Waals surface area contributed by atoms with Gasteiger partial charge in [-0.3, -0.25) is 9.59 Å². The summed E-state index contributed by atoms with van der Waals surface area (Å²) in [6.45, 7) is 5.61. The Kier molecular flexibility index (Phi) is 7.18. The monoisotopic (exact) mass is 361 g/mol. The number of amides is 1. The van der Waals surface area contributed by atoms with Crippen LogP contribution in [0.15, 0.2) is 24.3 Å². The number of esters is 1. The van der Waals surface area contributed by atoms with E-state index in [1.165, 1.54) is 6.42 Å². The fourth-order valence-electron chi connectivity index (χ4n) is 3.16. The van der Waals surface area contributed by atoms with Crippen molar-refractivity contribution in [3.8, 4) is 5.75 Å². The third-order valence-corrected chi connectivity index (χ3v) is 5.08. The molecule has 1 aliphatic carbocycles. The van der Waals surface area contributed by atoms with Crippen LogP contribution in [0.5, 0.6) is 5.75 Å². The molecule has 0 bridgehead atoms. The average molecular weight is 361 g/mol. The summed E-state index contributed by atoms with van der Waals surface area (Å²) >= 11 is 0. The van der Waals surface area contributed by atoms with Gasteiger partial charge in [-0.05, 0) is 49.4 Å². The van der Waals surface area contributed by atoms with Crippen LogP contribution in [0.25, 0.3) is 0 Å². The van der Waals surface area contributed by atoms with Crippen LogP contribution in [0.2, 0.25) is 0 Å². The van der Waals surface area contributed by atoms with E-state index in [4.69, 9.17) is 9.47 Å². The molecule has 0 aromatic heterocycles. The van der Waals surface area contributed by atoms with Crippen molar-refractivity contribution in [2.75, 3.05) is 6.61 Å². The second-order valence-electron chi connectivity index (χ2n) is 6.99. The van der Waals surface area contributed by atoms with Crippen molar-refractivity contribution in [3.63, 3.8) is 0 Å². The minimum absolute atomic E-state index is 0.125. The highest BCUT2D eigenvalue weighted by Crippen LogP contribution is 2.29. The van der Waals surface area contributed by atoms with Crippen LogP contribution in [0.3, 0.4) is 0 Å². The summed E-state index contributed by atoms with van der Waals surface area (Å²) in [5, 5.41) is 3.00. The maximum atomic E-state index is 12.3. The van der Waals surface area contributed by atoms with E-state index in [1.807, 2.05) is 0 Å². The molecule has 0 heterocycles. The van der Waals surface area contributed by atoms with E-state index >= 15 is 0 Å². The highest BCUT2D eigenvalue weighted by Gasteiger charge is 2.30. The van der Waals surface area contributed by atoms with Crippen molar-refractivity contribution >= 4 is 18.2 Å². The number of hydrogen-bond acceptors (Lipinski definition) is 5. The Labute approximate surface area is 154 Å². The first-order valence-electron chi connectivity index (χ1n) is 9.08. The first-order valence-corrected chi connectivity index (χ1v) is 9.08. The van der Waals surface area contributed by atoms with E-state index in [-0.39, 0.29) is 18.6 Å². The predicted octanol–water partition coefficient (Wildman–Crippen LogP) is 2.75. The third kappa shape index (κ3) is 5.58. The Hall–Kier alpha value is -2.37. The van der Waals surface area contributed by atoms with Gasteiger partial charge in [0.2, 0.25) is 0 Å². The maximum absolute atomic E-state index is 12.3. The summed E-state index contributed by atoms with van der Waals surface area (Å²) in [5.74, 6) is 0.547. The SMILES string of the molecule is C[C@@H]1[C@H](C)CCC[C@H]1NC(=O)[C@@H](C)OC(=O)COc1ccc(C=O)cc1. The molecule has 1 aromatic rings. The maximum Gasteiger partial charge on any atom is 0.344 e. The molecule has 6 nitrogen and oxygen atoms in total. The van der Waals surface area contributed by atoms with Crippen LogP contribution in [0.1, 0.15) is 50.4 Å². The van der Waals surface area contributed by atoms with E-state index in [2.05, 4.69) is 19.2 Å². The number of aldehydes is 1. The molecule has 2 rings (SSSR count). The zero-order valence-electron chi connectivity index (χ0n) is 15.6. The molecule has 1 amide bonds. The second kappa shape index (κ2) is 9.36. The van der Waals surface area contributed by atoms with Gasteiger partial charge < -0.3 is 14.8 Å². The Morgan fingerprint density at radius 3 is 2.58 bits per heavy atom. The largest absolute Gasteiger partial charge is 0.482 e. The summed E-state index contributed by atoms with van der Waals surface area (Å²) in [6.07, 6.45) is 3.10. The van der Waals surface area contributed by atoms with Gasteiger partial charge in [-0.25, -0.2) is 4.79 Å². The van der Waals surface area contributed by atoms with Gasteiger partial charge in [0.1, 0.15) is 12.0 Å². The Balaban J connectivity index is 1.76. The fraction of sp³-hybridized carbons (Fsp3) is 0.550. The van der Waals surface area contributed by atoms with E-state index in [1.54, 1.807) is 31.2 Å². The van der Waals surface area contributed by atoms with E-state index in [9.17, 15) is 14.4 Å². The number of nitrogens with one attached hydrogen (secondary N) is 1. The lowest BCUT2D eigenvalue weighted by atomic mass is 9.78. The van der Waals surface area contributed by atoms with E-state index in [0.717, 1.165) is 19.1 Å². The van der Waals surface area contributed by atoms with Crippen molar-refractivity contribution in [2.45, 2.75) is 52.2 Å². The normalized spacial score (nSPS) is 23.6. The molecule has 26 heavy (non-hydrogen) atoms. The molecule has 6 heteroatoms. The number of hydrogen-bond donors (Lipinski definition) is 1. The molecular weight excluding hydrogens is 334 g/mol. The van der Waals surface area contributed by atoms with Crippen molar-refractivity contribution in [1.82, 2.24) is 5.32 Å². The summed E-state index contributed by atoms with van der Waals surface area (Å²) < 4.78 is 10.5. The lowest BCUT2D eigenvalue weighted by molar-refractivity contribution is -0.157. The van der Waals surface area contributed by atoms with Gasteiger partial charge in [0.15, 0.2) is 12.7 Å². The Morgan fingerprint density at radius 1 is 1.23 bits per heavy atom. The molecule has 0 spiro atoms. The standard InChI is InChI=1S/C20H27NO5/c1-13-5-4-6-18(14(13)2)21-20(24)15(3)26-19(23)12-25-17-9-7-16(11-22)8-10-17/h7-11,13-15,18H,4-6,12H2,1-3H3,(H,21,24)/t13-,14-,15-,18-/m1/s1. The van der Waals surface area contributed by atoms with Crippen molar-refractivity contribution in [1.29, 1.82) is 0 Å². The van der Waals surface area contributed by atoms with E-state index < -0.39 is 12.1 Å². The summed E-state index contributed by atoms with van der Waals surface area (Å²) in [5.41, 5.74) is 0.525. The zero-order valence-corrected chi connectivity index (χ0v) is 15.6. The topological polar surface area (TPSA) is 81.7 Å². The summed E-state index contributed by atoms with van der Waals surface area (Å²) in [7, 11) is 0. The molecule has 0 radical (unpaired) electrons. The summed E-state index contributed by atoms with van der Waals surface area (Å²) in [4.78, 5) is 34.8. The quantitative estimate of drug-likeness (QED) is 0.596. The highest BCUT2D eigenvalue weighted by atomic mass is 16.6. The van der Waals surface area contributed by atoms with Crippen molar-refractivity contribution in [3.05, 3.63) is 29.8 Å². The van der Waals surface area contributed by atoms with Crippen LogP contribution < -0.4 is 10.1 Å². The van der Waals surface area contributed by atoms with Gasteiger partial charge >= 0.3 is 5.97 Å². The van der Waals surface area contributed by atoms with Crippen molar-refractivity contribution < 1.29 is 23.9 Å². The van der Waals surface area contributed by atoms with Gasteiger partial charge in [0.25, 0.3) is 5.91 Å². The molecule has 0 unspecified atom stereocenters. The lowest BCUT2D eigenvalue weighted by Gasteiger charge is -2.35. The van der Waals surface area contributed by atoms with Crippen LogP contribution in [0, 0.1) is 11.8 Å². The average Bonchev–Trinajstić information content (AvgIpc) is 2.64. The van der Waals surface area contributed by atoms with Crippen LogP contribution in [-0.2, 0) is 14.3 Å². The molecule has 1 saturated carbocycles. The molecule has 1 fully saturated rings. The first kappa shape index (κ1) is 19.9. The Morgan fingerprint density at radius 2 is 1.92 bits per heavy atom. The number of benzene rings is 1. The minimum atomic E-state index is -0.868. The van der Waals surface area contributed by atoms with Crippen LogP contribution in [-0.4, -0.2) is 36.9 Å². The van der Waals surface area contributed by atoms with Gasteiger partial charge in [0, 0.05) is 11.6 Å². The predicted molar refractivity (Wildman–Crippen MR) is 97.0 cm³/mol. The number of carbonyl (C=O) groups is 3. The lowest BCUT2D eigenvalue weighted by Crippen LogP contribution is -2.47. The van der Waals surface area contributed by atoms with Crippen molar-refractivity contribution in [2.24, 2.45) is 11.8 Å². The molecule has 4 atom stereocenters. The fourth-order valence-corrected chi connectivity index (χ4v) is 3.16. The van der Waals surface area contributed by atoms with E-state index in [0.29, 0.717) is 23.1 Å². The molecule has 1 N–H and O–H groups in total. The molecule has 1 aliphatic rings. The first-order chi connectivity index (χ1) is 12.4. The van der Waals surface area contributed by atoms with Gasteiger partial charge in [-0.1, -0.05) is 26.7 Å². The second-order valence-corrected chi connectivity index (χ2v) is 6.99. The minimum Gasteiger partial charge on any atom is -0.482 e. The van der Waals surface area contributed by atoms with Crippen LogP contribution in [0.4, 0.5) is 0 Å². The number of rotatable bonds is 7. The Bertz CT molecular complexity index is 628. The molecular formula is C20H27NO5. The van der Waals surface area contributed by atoms with Gasteiger partial charge in [-0.2, -0.15) is 0 Å². The molecule has 142 valence electrons. The summed E-state index contributed by atoms with van der Waals surface area (Å²) in [6, 6.07) is 6.50. The molecule has 0 aliphatic heterocycles. The number of ether oxygens (including phenoxy) is 2.